The van der Waals surface area contributed by atoms with E-state index in [0.29, 0.717) is 5.56 Å². The monoisotopic (exact) mass is 344 g/mol. The maximum absolute atomic E-state index is 12.8. The summed E-state index contributed by atoms with van der Waals surface area (Å²) in [5.41, 5.74) is 8.71. The summed E-state index contributed by atoms with van der Waals surface area (Å²) in [6.07, 6.45) is 4.11. The average Bonchev–Trinajstić information content (AvgIpc) is 2.56. The summed E-state index contributed by atoms with van der Waals surface area (Å²) in [4.78, 5) is 11.8. The van der Waals surface area contributed by atoms with Gasteiger partial charge in [-0.1, -0.05) is 18.2 Å². The lowest BCUT2D eigenvalue weighted by Gasteiger charge is -2.18. The Morgan fingerprint density at radius 3 is 2.50 bits per heavy atom. The number of nitrogens with one attached hydrogen (secondary N) is 1. The number of hydrogen-bond donors (Lipinski definition) is 2. The first-order valence-electron chi connectivity index (χ1n) is 7.92. The van der Waals surface area contributed by atoms with Gasteiger partial charge in [-0.3, -0.25) is 9.52 Å². The van der Waals surface area contributed by atoms with E-state index in [1.807, 2.05) is 6.07 Å². The molecule has 0 heterocycles. The SMILES string of the molecule is Cc1cccc(C(N)=O)c1NS(=O)(=O)c1ccc2c(c1)CCCC2. The fraction of sp³-hybridized carbons (Fsp3) is 0.278. The third kappa shape index (κ3) is 3.14. The van der Waals surface area contributed by atoms with E-state index in [2.05, 4.69) is 4.72 Å². The lowest BCUT2D eigenvalue weighted by atomic mass is 9.92. The van der Waals surface area contributed by atoms with E-state index in [9.17, 15) is 13.2 Å². The Morgan fingerprint density at radius 2 is 1.79 bits per heavy atom. The maximum atomic E-state index is 12.8. The minimum Gasteiger partial charge on any atom is -0.366 e. The van der Waals surface area contributed by atoms with E-state index >= 15 is 0 Å². The van der Waals surface area contributed by atoms with E-state index < -0.39 is 15.9 Å². The molecule has 0 unspecified atom stereocenters. The Balaban J connectivity index is 2.00. The van der Waals surface area contributed by atoms with Crippen LogP contribution in [0.25, 0.3) is 0 Å². The van der Waals surface area contributed by atoms with Crippen LogP contribution < -0.4 is 10.5 Å². The van der Waals surface area contributed by atoms with Crippen molar-refractivity contribution in [3.05, 3.63) is 58.7 Å². The van der Waals surface area contributed by atoms with Crippen LogP contribution in [0.4, 0.5) is 5.69 Å². The van der Waals surface area contributed by atoms with Crippen molar-refractivity contribution in [2.75, 3.05) is 4.72 Å². The summed E-state index contributed by atoms with van der Waals surface area (Å²) >= 11 is 0. The normalized spacial score (nSPS) is 14.0. The van der Waals surface area contributed by atoms with E-state index in [-0.39, 0.29) is 16.1 Å². The fourth-order valence-corrected chi connectivity index (χ4v) is 4.28. The molecule has 24 heavy (non-hydrogen) atoms. The molecule has 0 radical (unpaired) electrons. The predicted molar refractivity (Wildman–Crippen MR) is 93.6 cm³/mol. The number of aryl methyl sites for hydroxylation is 3. The van der Waals surface area contributed by atoms with Crippen LogP contribution in [0.3, 0.4) is 0 Å². The first-order valence-corrected chi connectivity index (χ1v) is 9.41. The molecule has 3 rings (SSSR count). The number of anilines is 1. The van der Waals surface area contributed by atoms with E-state index in [1.165, 1.54) is 11.6 Å². The molecule has 1 amide bonds. The van der Waals surface area contributed by atoms with Crippen molar-refractivity contribution in [3.8, 4) is 0 Å². The molecular formula is C18H20N2O3S. The van der Waals surface area contributed by atoms with Crippen molar-refractivity contribution < 1.29 is 13.2 Å². The third-order valence-electron chi connectivity index (χ3n) is 4.40. The van der Waals surface area contributed by atoms with Gasteiger partial charge in [0, 0.05) is 0 Å². The molecule has 6 heteroatoms. The van der Waals surface area contributed by atoms with Crippen LogP contribution >= 0.6 is 0 Å². The number of para-hydroxylation sites is 1. The number of nitrogens with two attached hydrogens (primary N) is 1. The van der Waals surface area contributed by atoms with Crippen molar-refractivity contribution in [2.45, 2.75) is 37.5 Å². The van der Waals surface area contributed by atoms with E-state index in [4.69, 9.17) is 5.73 Å². The van der Waals surface area contributed by atoms with Crippen LogP contribution in [-0.2, 0) is 22.9 Å². The smallest absolute Gasteiger partial charge is 0.261 e. The topological polar surface area (TPSA) is 89.3 Å². The van der Waals surface area contributed by atoms with E-state index in [1.54, 1.807) is 31.2 Å². The Labute approximate surface area is 141 Å². The quantitative estimate of drug-likeness (QED) is 0.894. The second-order valence-corrected chi connectivity index (χ2v) is 7.79. The summed E-state index contributed by atoms with van der Waals surface area (Å²) in [7, 11) is -3.78. The number of amides is 1. The molecule has 0 aromatic heterocycles. The average molecular weight is 344 g/mol. The number of carbonyl (C=O) groups is 1. The van der Waals surface area contributed by atoms with Crippen LogP contribution in [0.1, 0.15) is 39.9 Å². The molecule has 1 aliphatic rings. The first-order chi connectivity index (χ1) is 11.4. The number of benzene rings is 2. The molecule has 2 aromatic carbocycles. The number of carbonyl (C=O) groups excluding carboxylic acids is 1. The lowest BCUT2D eigenvalue weighted by Crippen LogP contribution is -2.20. The second kappa shape index (κ2) is 6.28. The van der Waals surface area contributed by atoms with Crippen LogP contribution in [0, 0.1) is 6.92 Å². The second-order valence-electron chi connectivity index (χ2n) is 6.10. The summed E-state index contributed by atoms with van der Waals surface area (Å²) in [5.74, 6) is -0.665. The highest BCUT2D eigenvalue weighted by atomic mass is 32.2. The third-order valence-corrected chi connectivity index (χ3v) is 5.75. The molecule has 126 valence electrons. The van der Waals surface area contributed by atoms with Crippen molar-refractivity contribution in [2.24, 2.45) is 5.73 Å². The zero-order chi connectivity index (χ0) is 17.3. The van der Waals surface area contributed by atoms with Gasteiger partial charge in [0.05, 0.1) is 16.1 Å². The zero-order valence-corrected chi connectivity index (χ0v) is 14.3. The van der Waals surface area contributed by atoms with Crippen molar-refractivity contribution in [1.82, 2.24) is 0 Å². The summed E-state index contributed by atoms with van der Waals surface area (Å²) in [6, 6.07) is 10.2. The molecule has 5 nitrogen and oxygen atoms in total. The number of primary amides is 1. The number of fused-ring (bicyclic) bond motifs is 1. The molecule has 0 saturated carbocycles. The lowest BCUT2D eigenvalue weighted by molar-refractivity contribution is 0.100. The van der Waals surface area contributed by atoms with Crippen LogP contribution in [-0.4, -0.2) is 14.3 Å². The van der Waals surface area contributed by atoms with Gasteiger partial charge in [0.1, 0.15) is 0 Å². The molecule has 0 saturated heterocycles. The number of rotatable bonds is 4. The minimum atomic E-state index is -3.78. The molecule has 3 N–H and O–H groups in total. The highest BCUT2D eigenvalue weighted by molar-refractivity contribution is 7.92. The fourth-order valence-electron chi connectivity index (χ4n) is 3.08. The summed E-state index contributed by atoms with van der Waals surface area (Å²) in [5, 5.41) is 0. The summed E-state index contributed by atoms with van der Waals surface area (Å²) in [6.45, 7) is 1.73. The predicted octanol–water partition coefficient (Wildman–Crippen LogP) is 2.77. The largest absolute Gasteiger partial charge is 0.366 e. The van der Waals surface area contributed by atoms with Gasteiger partial charge < -0.3 is 5.73 Å². The zero-order valence-electron chi connectivity index (χ0n) is 13.5. The molecule has 0 fully saturated rings. The van der Waals surface area contributed by atoms with Gasteiger partial charge in [0.25, 0.3) is 15.9 Å². The van der Waals surface area contributed by atoms with Gasteiger partial charge in [-0.25, -0.2) is 8.42 Å². The number of hydrogen-bond acceptors (Lipinski definition) is 3. The Morgan fingerprint density at radius 1 is 1.08 bits per heavy atom. The van der Waals surface area contributed by atoms with E-state index in [0.717, 1.165) is 31.2 Å². The highest BCUT2D eigenvalue weighted by Gasteiger charge is 2.21. The minimum absolute atomic E-state index is 0.163. The Bertz CT molecular complexity index is 904. The molecule has 0 atom stereocenters. The maximum Gasteiger partial charge on any atom is 0.261 e. The van der Waals surface area contributed by atoms with Crippen LogP contribution in [0.15, 0.2) is 41.3 Å². The number of sulfonamides is 1. The van der Waals surface area contributed by atoms with Crippen molar-refractivity contribution in [3.63, 3.8) is 0 Å². The molecule has 0 bridgehead atoms. The first kappa shape index (κ1) is 16.5. The van der Waals surface area contributed by atoms with Gasteiger partial charge in [0.2, 0.25) is 0 Å². The Hall–Kier alpha value is -2.34. The summed E-state index contributed by atoms with van der Waals surface area (Å²) < 4.78 is 28.0. The van der Waals surface area contributed by atoms with Gasteiger partial charge in [-0.2, -0.15) is 0 Å². The van der Waals surface area contributed by atoms with Crippen LogP contribution in [0.2, 0.25) is 0 Å². The molecule has 2 aromatic rings. The Kier molecular flexibility index (Phi) is 4.32. The standard InChI is InChI=1S/C18H20N2O3S/c1-12-5-4-8-16(18(19)21)17(12)20-24(22,23)15-10-9-13-6-2-3-7-14(13)11-15/h4-5,8-11,20H,2-3,6-7H2,1H3,(H2,19,21). The van der Waals surface area contributed by atoms with Crippen LogP contribution in [0.5, 0.6) is 0 Å². The van der Waals surface area contributed by atoms with Crippen molar-refractivity contribution in [1.29, 1.82) is 0 Å². The van der Waals surface area contributed by atoms with Gasteiger partial charge in [-0.05, 0) is 67.5 Å². The molecule has 0 aliphatic heterocycles. The molecular weight excluding hydrogens is 324 g/mol. The van der Waals surface area contributed by atoms with Gasteiger partial charge in [-0.15, -0.1) is 0 Å². The highest BCUT2D eigenvalue weighted by Crippen LogP contribution is 2.27. The van der Waals surface area contributed by atoms with Gasteiger partial charge in [0.15, 0.2) is 0 Å². The van der Waals surface area contributed by atoms with Gasteiger partial charge >= 0.3 is 0 Å². The van der Waals surface area contributed by atoms with Crippen molar-refractivity contribution >= 4 is 21.6 Å². The molecule has 1 aliphatic carbocycles. The molecule has 0 spiro atoms.